The second-order valence-corrected chi connectivity index (χ2v) is 4.76. The number of amides is 1. The van der Waals surface area contributed by atoms with Crippen LogP contribution in [0.3, 0.4) is 0 Å². The molecule has 0 unspecified atom stereocenters. The lowest BCUT2D eigenvalue weighted by Gasteiger charge is -2.09. The van der Waals surface area contributed by atoms with Crippen molar-refractivity contribution < 1.29 is 17.8 Å². The molecule has 0 saturated heterocycles. The minimum Gasteiger partial charge on any atom is -0.327 e. The van der Waals surface area contributed by atoms with Gasteiger partial charge in [0.2, 0.25) is 6.41 Å². The van der Waals surface area contributed by atoms with Crippen LogP contribution in [-0.2, 0) is 14.9 Å². The molecule has 0 fully saturated rings. The Hall–Kier alpha value is -1.92. The summed E-state index contributed by atoms with van der Waals surface area (Å²) in [5.74, 6) is 0. The number of nitrogens with one attached hydrogen (secondary N) is 1. The van der Waals surface area contributed by atoms with Crippen molar-refractivity contribution in [2.75, 3.05) is 5.32 Å². The van der Waals surface area contributed by atoms with E-state index in [1.54, 1.807) is 30.3 Å². The molecule has 0 aliphatic carbocycles. The molecular weight excluding hydrogens is 242 g/mol. The van der Waals surface area contributed by atoms with Crippen LogP contribution in [0.25, 0.3) is 10.8 Å². The smallest absolute Gasteiger partial charge is 0.297 e. The zero-order chi connectivity index (χ0) is 12.5. The molecule has 2 N–H and O–H groups in total. The summed E-state index contributed by atoms with van der Waals surface area (Å²) in [4.78, 5) is 10.1. The highest BCUT2D eigenvalue weighted by atomic mass is 32.2. The van der Waals surface area contributed by atoms with Crippen molar-refractivity contribution >= 4 is 33.0 Å². The normalized spacial score (nSPS) is 11.4. The Morgan fingerprint density at radius 2 is 1.82 bits per heavy atom. The van der Waals surface area contributed by atoms with E-state index in [9.17, 15) is 17.8 Å². The molecule has 0 bridgehead atoms. The average Bonchev–Trinajstić information content (AvgIpc) is 2.27. The summed E-state index contributed by atoms with van der Waals surface area (Å²) in [6.45, 7) is 0. The van der Waals surface area contributed by atoms with Gasteiger partial charge < -0.3 is 5.32 Å². The van der Waals surface area contributed by atoms with Gasteiger partial charge in [0, 0.05) is 5.39 Å². The summed E-state index contributed by atoms with van der Waals surface area (Å²) in [7, 11) is -4.40. The van der Waals surface area contributed by atoms with E-state index in [4.69, 9.17) is 0 Å². The largest absolute Gasteiger partial charge is 0.327 e. The maximum atomic E-state index is 11.3. The molecule has 0 spiro atoms. The fourth-order valence-corrected chi connectivity index (χ4v) is 2.57. The van der Waals surface area contributed by atoms with Crippen molar-refractivity contribution in [2.24, 2.45) is 0 Å². The lowest BCUT2D eigenvalue weighted by molar-refractivity contribution is -0.105. The standard InChI is InChI=1S/C11H9NO4S/c13-7-12-10-6-5-8-3-1-2-4-9(8)11(10)17(14,15)16/h1-7H,(H,12,13)(H,14,15,16). The second kappa shape index (κ2) is 4.15. The Morgan fingerprint density at radius 3 is 2.47 bits per heavy atom. The Labute approximate surface area is 97.8 Å². The first-order valence-corrected chi connectivity index (χ1v) is 6.17. The molecule has 17 heavy (non-hydrogen) atoms. The minimum atomic E-state index is -4.40. The molecule has 6 heteroatoms. The quantitative estimate of drug-likeness (QED) is 0.641. The van der Waals surface area contributed by atoms with Gasteiger partial charge in [0.1, 0.15) is 4.90 Å². The molecule has 88 valence electrons. The van der Waals surface area contributed by atoms with Gasteiger partial charge in [0.25, 0.3) is 10.1 Å². The molecule has 0 saturated carbocycles. The Bertz CT molecular complexity index is 679. The lowest BCUT2D eigenvalue weighted by atomic mass is 10.1. The fourth-order valence-electron chi connectivity index (χ4n) is 1.70. The third kappa shape index (κ3) is 2.13. The minimum absolute atomic E-state index is 0.0567. The van der Waals surface area contributed by atoms with Gasteiger partial charge in [-0.15, -0.1) is 0 Å². The van der Waals surface area contributed by atoms with Crippen LogP contribution in [0.4, 0.5) is 5.69 Å². The van der Waals surface area contributed by atoms with Crippen LogP contribution in [0.2, 0.25) is 0 Å². The van der Waals surface area contributed by atoms with Crippen molar-refractivity contribution in [3.8, 4) is 0 Å². The van der Waals surface area contributed by atoms with E-state index in [1.807, 2.05) is 0 Å². The van der Waals surface area contributed by atoms with Crippen LogP contribution in [0.15, 0.2) is 41.3 Å². The zero-order valence-corrected chi connectivity index (χ0v) is 9.44. The fraction of sp³-hybridized carbons (Fsp3) is 0. The maximum Gasteiger partial charge on any atom is 0.297 e. The van der Waals surface area contributed by atoms with E-state index in [1.165, 1.54) is 6.07 Å². The van der Waals surface area contributed by atoms with Gasteiger partial charge in [-0.2, -0.15) is 8.42 Å². The predicted molar refractivity (Wildman–Crippen MR) is 63.4 cm³/mol. The molecule has 0 aliphatic rings. The van der Waals surface area contributed by atoms with Crippen molar-refractivity contribution in [2.45, 2.75) is 4.90 Å². The highest BCUT2D eigenvalue weighted by molar-refractivity contribution is 7.86. The van der Waals surface area contributed by atoms with Gasteiger partial charge in [-0.25, -0.2) is 0 Å². The molecule has 0 heterocycles. The second-order valence-electron chi connectivity index (χ2n) is 3.40. The summed E-state index contributed by atoms with van der Waals surface area (Å²) in [6.07, 6.45) is 0.360. The summed E-state index contributed by atoms with van der Waals surface area (Å²) >= 11 is 0. The van der Waals surface area contributed by atoms with Crippen molar-refractivity contribution in [1.29, 1.82) is 0 Å². The first kappa shape index (κ1) is 11.6. The average molecular weight is 251 g/mol. The van der Waals surface area contributed by atoms with E-state index in [0.717, 1.165) is 0 Å². The first-order valence-electron chi connectivity index (χ1n) is 4.73. The van der Waals surface area contributed by atoms with Gasteiger partial charge in [-0.05, 0) is 11.5 Å². The summed E-state index contributed by atoms with van der Waals surface area (Å²) in [5, 5.41) is 3.28. The van der Waals surface area contributed by atoms with Gasteiger partial charge in [0.15, 0.2) is 0 Å². The molecule has 0 atom stereocenters. The number of rotatable bonds is 3. The predicted octanol–water partition coefficient (Wildman–Crippen LogP) is 1.65. The van der Waals surface area contributed by atoms with Crippen molar-refractivity contribution in [1.82, 2.24) is 0 Å². The monoisotopic (exact) mass is 251 g/mol. The SMILES string of the molecule is O=CNc1ccc2ccccc2c1S(=O)(=O)O. The van der Waals surface area contributed by atoms with Crippen LogP contribution >= 0.6 is 0 Å². The lowest BCUT2D eigenvalue weighted by Crippen LogP contribution is -2.05. The van der Waals surface area contributed by atoms with E-state index < -0.39 is 10.1 Å². The number of carbonyl (C=O) groups is 1. The van der Waals surface area contributed by atoms with E-state index in [2.05, 4.69) is 5.32 Å². The van der Waals surface area contributed by atoms with Crippen LogP contribution in [0.5, 0.6) is 0 Å². The van der Waals surface area contributed by atoms with Crippen LogP contribution in [0.1, 0.15) is 0 Å². The summed E-state index contributed by atoms with van der Waals surface area (Å²) in [5.41, 5.74) is 0.0567. The molecule has 2 aromatic rings. The Kier molecular flexibility index (Phi) is 2.83. The van der Waals surface area contributed by atoms with Crippen molar-refractivity contribution in [3.05, 3.63) is 36.4 Å². The zero-order valence-electron chi connectivity index (χ0n) is 8.62. The maximum absolute atomic E-state index is 11.3. The molecule has 0 aromatic heterocycles. The topological polar surface area (TPSA) is 83.5 Å². The first-order chi connectivity index (χ1) is 8.04. The van der Waals surface area contributed by atoms with E-state index in [-0.39, 0.29) is 10.6 Å². The van der Waals surface area contributed by atoms with Gasteiger partial charge in [-0.1, -0.05) is 30.3 Å². The van der Waals surface area contributed by atoms with E-state index >= 15 is 0 Å². The summed E-state index contributed by atoms with van der Waals surface area (Å²) in [6, 6.07) is 9.78. The van der Waals surface area contributed by atoms with E-state index in [0.29, 0.717) is 17.2 Å². The van der Waals surface area contributed by atoms with Crippen LogP contribution < -0.4 is 5.32 Å². The summed E-state index contributed by atoms with van der Waals surface area (Å²) < 4.78 is 31.9. The van der Waals surface area contributed by atoms with Gasteiger partial charge >= 0.3 is 0 Å². The van der Waals surface area contributed by atoms with Gasteiger partial charge in [-0.3, -0.25) is 9.35 Å². The molecule has 2 aromatic carbocycles. The third-order valence-electron chi connectivity index (χ3n) is 2.35. The van der Waals surface area contributed by atoms with Crippen LogP contribution in [-0.4, -0.2) is 19.4 Å². The highest BCUT2D eigenvalue weighted by Gasteiger charge is 2.18. The van der Waals surface area contributed by atoms with Gasteiger partial charge in [0.05, 0.1) is 5.69 Å². The number of benzene rings is 2. The molecule has 0 aliphatic heterocycles. The van der Waals surface area contributed by atoms with Crippen LogP contribution in [0, 0.1) is 0 Å². The molecule has 5 nitrogen and oxygen atoms in total. The highest BCUT2D eigenvalue weighted by Crippen LogP contribution is 2.29. The molecule has 1 amide bonds. The third-order valence-corrected chi connectivity index (χ3v) is 3.31. The molecule has 0 radical (unpaired) electrons. The molecule has 2 rings (SSSR count). The number of fused-ring (bicyclic) bond motifs is 1. The Balaban J connectivity index is 2.89. The Morgan fingerprint density at radius 1 is 1.12 bits per heavy atom. The number of hydrogen-bond donors (Lipinski definition) is 2. The number of hydrogen-bond acceptors (Lipinski definition) is 3. The molecular formula is C11H9NO4S. The number of carbonyl (C=O) groups excluding carboxylic acids is 1. The van der Waals surface area contributed by atoms with Crippen molar-refractivity contribution in [3.63, 3.8) is 0 Å². The number of anilines is 1.